The van der Waals surface area contributed by atoms with Gasteiger partial charge in [0.25, 0.3) is 5.56 Å². The second kappa shape index (κ2) is 5.70. The summed E-state index contributed by atoms with van der Waals surface area (Å²) in [4.78, 5) is 14.7. The molecular formula is C17H14N4O. The minimum atomic E-state index is -0.355. The lowest BCUT2D eigenvalue weighted by Gasteiger charge is -2.11. The van der Waals surface area contributed by atoms with Gasteiger partial charge in [-0.05, 0) is 30.2 Å². The van der Waals surface area contributed by atoms with Crippen LogP contribution in [0.15, 0.2) is 53.6 Å². The molecule has 0 radical (unpaired) electrons. The summed E-state index contributed by atoms with van der Waals surface area (Å²) in [5.41, 5.74) is 3.06. The van der Waals surface area contributed by atoms with Crippen molar-refractivity contribution in [2.45, 2.75) is 13.5 Å². The Labute approximate surface area is 127 Å². The molecule has 1 N–H and O–H groups in total. The lowest BCUT2D eigenvalue weighted by Crippen LogP contribution is -2.13. The Bertz CT molecular complexity index is 901. The van der Waals surface area contributed by atoms with Crippen LogP contribution in [0.5, 0.6) is 0 Å². The lowest BCUT2D eigenvalue weighted by atomic mass is 9.96. The maximum atomic E-state index is 12.0. The fraction of sp³-hybridized carbons (Fsp3) is 0.118. The number of nitrogens with zero attached hydrogens (tertiary/aromatic N) is 3. The quantitative estimate of drug-likeness (QED) is 0.805. The number of aryl methyl sites for hydroxylation is 1. The van der Waals surface area contributed by atoms with E-state index in [4.69, 9.17) is 0 Å². The highest BCUT2D eigenvalue weighted by Crippen LogP contribution is 2.26. The molecule has 0 bridgehead atoms. The van der Waals surface area contributed by atoms with Crippen molar-refractivity contribution in [3.8, 4) is 17.2 Å². The molecule has 0 aliphatic carbocycles. The number of nitriles is 1. The van der Waals surface area contributed by atoms with Crippen molar-refractivity contribution >= 4 is 0 Å². The SMILES string of the molecule is Cc1cc(-c2ccccc2Cn2cccn2)c(C#N)c(=O)[nH]1. The third-order valence-corrected chi connectivity index (χ3v) is 3.48. The van der Waals surface area contributed by atoms with Crippen LogP contribution in [-0.2, 0) is 6.54 Å². The van der Waals surface area contributed by atoms with Crippen molar-refractivity contribution in [3.05, 3.63) is 76.0 Å². The molecule has 0 saturated carbocycles. The summed E-state index contributed by atoms with van der Waals surface area (Å²) < 4.78 is 1.81. The van der Waals surface area contributed by atoms with Crippen molar-refractivity contribution in [1.82, 2.24) is 14.8 Å². The largest absolute Gasteiger partial charge is 0.325 e. The van der Waals surface area contributed by atoms with Crippen molar-refractivity contribution in [2.24, 2.45) is 0 Å². The van der Waals surface area contributed by atoms with E-state index in [1.165, 1.54) is 0 Å². The first-order valence-corrected chi connectivity index (χ1v) is 6.89. The molecule has 2 heterocycles. The minimum Gasteiger partial charge on any atom is -0.325 e. The normalized spacial score (nSPS) is 10.4. The van der Waals surface area contributed by atoms with Gasteiger partial charge >= 0.3 is 0 Å². The summed E-state index contributed by atoms with van der Waals surface area (Å²) in [6.45, 7) is 2.39. The molecule has 0 unspecified atom stereocenters. The van der Waals surface area contributed by atoms with Gasteiger partial charge in [0, 0.05) is 23.7 Å². The van der Waals surface area contributed by atoms with Gasteiger partial charge in [0.1, 0.15) is 11.6 Å². The van der Waals surface area contributed by atoms with Crippen LogP contribution in [0.25, 0.3) is 11.1 Å². The van der Waals surface area contributed by atoms with Crippen LogP contribution >= 0.6 is 0 Å². The second-order valence-corrected chi connectivity index (χ2v) is 5.04. The van der Waals surface area contributed by atoms with Gasteiger partial charge in [0.05, 0.1) is 6.54 Å². The van der Waals surface area contributed by atoms with E-state index in [0.29, 0.717) is 12.1 Å². The zero-order chi connectivity index (χ0) is 15.5. The van der Waals surface area contributed by atoms with Crippen molar-refractivity contribution in [2.75, 3.05) is 0 Å². The number of H-pyrrole nitrogens is 1. The molecule has 0 aliphatic heterocycles. The molecule has 5 heteroatoms. The highest BCUT2D eigenvalue weighted by Gasteiger charge is 2.13. The van der Waals surface area contributed by atoms with Crippen LogP contribution in [0.4, 0.5) is 0 Å². The van der Waals surface area contributed by atoms with Gasteiger partial charge in [-0.25, -0.2) is 0 Å². The third-order valence-electron chi connectivity index (χ3n) is 3.48. The number of rotatable bonds is 3. The Hall–Kier alpha value is -3.13. The Morgan fingerprint density at radius 2 is 2.09 bits per heavy atom. The number of hydrogen-bond donors (Lipinski definition) is 1. The van der Waals surface area contributed by atoms with Crippen molar-refractivity contribution < 1.29 is 0 Å². The zero-order valence-corrected chi connectivity index (χ0v) is 12.1. The molecule has 3 aromatic rings. The van der Waals surface area contributed by atoms with Gasteiger partial charge in [-0.2, -0.15) is 10.4 Å². The molecule has 22 heavy (non-hydrogen) atoms. The van der Waals surface area contributed by atoms with E-state index in [1.54, 1.807) is 6.20 Å². The van der Waals surface area contributed by atoms with Gasteiger partial charge in [0.15, 0.2) is 0 Å². The van der Waals surface area contributed by atoms with E-state index >= 15 is 0 Å². The van der Waals surface area contributed by atoms with E-state index in [9.17, 15) is 10.1 Å². The number of aromatic nitrogens is 3. The molecular weight excluding hydrogens is 276 g/mol. The molecule has 0 amide bonds. The molecule has 2 aromatic heterocycles. The summed E-state index contributed by atoms with van der Waals surface area (Å²) in [6.07, 6.45) is 3.60. The fourth-order valence-corrected chi connectivity index (χ4v) is 2.50. The minimum absolute atomic E-state index is 0.138. The topological polar surface area (TPSA) is 74.5 Å². The molecule has 0 fully saturated rings. The first-order valence-electron chi connectivity index (χ1n) is 6.89. The monoisotopic (exact) mass is 290 g/mol. The van der Waals surface area contributed by atoms with E-state index in [1.807, 2.05) is 60.3 Å². The molecule has 0 spiro atoms. The second-order valence-electron chi connectivity index (χ2n) is 5.04. The maximum absolute atomic E-state index is 12.0. The molecule has 0 saturated heterocycles. The molecule has 5 nitrogen and oxygen atoms in total. The molecule has 0 aliphatic rings. The molecule has 0 atom stereocenters. The zero-order valence-electron chi connectivity index (χ0n) is 12.1. The number of aromatic amines is 1. The summed E-state index contributed by atoms with van der Waals surface area (Å²) in [6, 6.07) is 13.5. The Morgan fingerprint density at radius 1 is 1.27 bits per heavy atom. The molecule has 108 valence electrons. The fourth-order valence-electron chi connectivity index (χ4n) is 2.50. The Morgan fingerprint density at radius 3 is 2.82 bits per heavy atom. The predicted octanol–water partition coefficient (Wildman–Crippen LogP) is 2.47. The number of hydrogen-bond acceptors (Lipinski definition) is 3. The van der Waals surface area contributed by atoms with Crippen LogP contribution in [0.2, 0.25) is 0 Å². The smallest absolute Gasteiger partial charge is 0.266 e. The first-order chi connectivity index (χ1) is 10.7. The summed E-state index contributed by atoms with van der Waals surface area (Å²) in [5, 5.41) is 13.5. The highest BCUT2D eigenvalue weighted by atomic mass is 16.1. The Balaban J connectivity index is 2.18. The van der Waals surface area contributed by atoms with Crippen LogP contribution in [-0.4, -0.2) is 14.8 Å². The summed E-state index contributed by atoms with van der Waals surface area (Å²) in [5.74, 6) is 0. The van der Waals surface area contributed by atoms with E-state index in [2.05, 4.69) is 10.1 Å². The predicted molar refractivity (Wildman–Crippen MR) is 83.3 cm³/mol. The lowest BCUT2D eigenvalue weighted by molar-refractivity contribution is 0.688. The van der Waals surface area contributed by atoms with E-state index in [-0.39, 0.29) is 11.1 Å². The van der Waals surface area contributed by atoms with Gasteiger partial charge < -0.3 is 4.98 Å². The van der Waals surface area contributed by atoms with Crippen LogP contribution < -0.4 is 5.56 Å². The standard InChI is InChI=1S/C17H14N4O/c1-12-9-15(16(10-18)17(22)20-12)14-6-3-2-5-13(14)11-21-8-4-7-19-21/h2-9H,11H2,1H3,(H,20,22). The average molecular weight is 290 g/mol. The van der Waals surface area contributed by atoms with E-state index in [0.717, 1.165) is 16.8 Å². The van der Waals surface area contributed by atoms with Crippen LogP contribution in [0, 0.1) is 18.3 Å². The first kappa shape index (κ1) is 13.8. The third kappa shape index (κ3) is 2.54. The Kier molecular flexibility index (Phi) is 3.58. The summed E-state index contributed by atoms with van der Waals surface area (Å²) in [7, 11) is 0. The number of benzene rings is 1. The maximum Gasteiger partial charge on any atom is 0.266 e. The van der Waals surface area contributed by atoms with Crippen LogP contribution in [0.1, 0.15) is 16.8 Å². The molecule has 3 rings (SSSR count). The summed E-state index contributed by atoms with van der Waals surface area (Å²) >= 11 is 0. The number of nitrogens with one attached hydrogen (secondary N) is 1. The highest BCUT2D eigenvalue weighted by molar-refractivity contribution is 5.73. The molecule has 1 aromatic carbocycles. The van der Waals surface area contributed by atoms with Gasteiger partial charge in [0.2, 0.25) is 0 Å². The van der Waals surface area contributed by atoms with Gasteiger partial charge in [-0.15, -0.1) is 0 Å². The van der Waals surface area contributed by atoms with Crippen molar-refractivity contribution in [3.63, 3.8) is 0 Å². The number of pyridine rings is 1. The van der Waals surface area contributed by atoms with Crippen LogP contribution in [0.3, 0.4) is 0 Å². The van der Waals surface area contributed by atoms with E-state index < -0.39 is 0 Å². The van der Waals surface area contributed by atoms with Gasteiger partial charge in [-0.3, -0.25) is 9.48 Å². The average Bonchev–Trinajstić information content (AvgIpc) is 3.00. The van der Waals surface area contributed by atoms with Gasteiger partial charge in [-0.1, -0.05) is 24.3 Å². The van der Waals surface area contributed by atoms with Crippen molar-refractivity contribution in [1.29, 1.82) is 5.26 Å².